The first kappa shape index (κ1) is 18.3. The minimum atomic E-state index is -0.366. The highest BCUT2D eigenvalue weighted by Crippen LogP contribution is 2.31. The van der Waals surface area contributed by atoms with Gasteiger partial charge in [0.25, 0.3) is 5.69 Å². The van der Waals surface area contributed by atoms with Gasteiger partial charge >= 0.3 is 0 Å². The molecule has 1 saturated heterocycles. The maximum absolute atomic E-state index is 11.3. The molecule has 1 fully saturated rings. The molecule has 7 heteroatoms. The normalized spacial score (nSPS) is 15.6. The second kappa shape index (κ2) is 7.90. The van der Waals surface area contributed by atoms with Gasteiger partial charge < -0.3 is 5.32 Å². The second-order valence-electron chi connectivity index (χ2n) is 7.26. The van der Waals surface area contributed by atoms with Crippen LogP contribution in [0.3, 0.4) is 0 Å². The summed E-state index contributed by atoms with van der Waals surface area (Å²) >= 11 is 0. The van der Waals surface area contributed by atoms with Gasteiger partial charge in [0, 0.05) is 54.7 Å². The topological polar surface area (TPSA) is 84.2 Å². The monoisotopic (exact) mass is 377 g/mol. The zero-order chi connectivity index (χ0) is 19.5. The quantitative estimate of drug-likeness (QED) is 0.536. The fourth-order valence-corrected chi connectivity index (χ4v) is 3.80. The number of pyridine rings is 2. The number of nitrogens with zero attached hydrogens (tertiary/aromatic N) is 4. The number of fused-ring (bicyclic) bond motifs is 1. The Balaban J connectivity index is 1.47. The summed E-state index contributed by atoms with van der Waals surface area (Å²) in [5, 5.41) is 15.8. The van der Waals surface area contributed by atoms with Crippen LogP contribution >= 0.6 is 0 Å². The van der Waals surface area contributed by atoms with E-state index in [0.717, 1.165) is 54.9 Å². The zero-order valence-electron chi connectivity index (χ0n) is 15.8. The number of non-ortho nitro benzene ring substituents is 1. The van der Waals surface area contributed by atoms with Gasteiger partial charge in [-0.25, -0.2) is 4.98 Å². The summed E-state index contributed by atoms with van der Waals surface area (Å²) in [6, 6.07) is 13.5. The van der Waals surface area contributed by atoms with Gasteiger partial charge in [-0.15, -0.1) is 0 Å². The molecule has 0 atom stereocenters. The molecule has 7 nitrogen and oxygen atoms in total. The van der Waals surface area contributed by atoms with E-state index >= 15 is 0 Å². The molecule has 0 amide bonds. The van der Waals surface area contributed by atoms with Gasteiger partial charge in [0.15, 0.2) is 5.52 Å². The number of aromatic nitrogens is 2. The Morgan fingerprint density at radius 1 is 1.21 bits per heavy atom. The number of hydrogen-bond acceptors (Lipinski definition) is 6. The predicted octanol–water partition coefficient (Wildman–Crippen LogP) is 3.92. The van der Waals surface area contributed by atoms with Crippen LogP contribution in [-0.2, 0) is 6.54 Å². The van der Waals surface area contributed by atoms with Crippen LogP contribution in [0.25, 0.3) is 10.9 Å². The van der Waals surface area contributed by atoms with Crippen molar-refractivity contribution >= 4 is 22.3 Å². The van der Waals surface area contributed by atoms with Gasteiger partial charge in [-0.05, 0) is 38.0 Å². The lowest BCUT2D eigenvalue weighted by molar-refractivity contribution is -0.383. The lowest BCUT2D eigenvalue weighted by Gasteiger charge is -2.32. The average molecular weight is 377 g/mol. The molecule has 0 bridgehead atoms. The number of nitro benzene ring substituents is 1. The molecule has 0 saturated carbocycles. The number of hydrogen-bond donors (Lipinski definition) is 1. The van der Waals surface area contributed by atoms with E-state index in [1.807, 2.05) is 37.4 Å². The Morgan fingerprint density at radius 2 is 2.04 bits per heavy atom. The Labute approximate surface area is 163 Å². The molecule has 0 aliphatic carbocycles. The molecule has 3 heterocycles. The lowest BCUT2D eigenvalue weighted by Crippen LogP contribution is -2.38. The van der Waals surface area contributed by atoms with Crippen molar-refractivity contribution in [3.05, 3.63) is 70.2 Å². The van der Waals surface area contributed by atoms with Crippen molar-refractivity contribution in [1.82, 2.24) is 14.9 Å². The van der Waals surface area contributed by atoms with Gasteiger partial charge in [0.1, 0.15) is 0 Å². The molecular weight excluding hydrogens is 354 g/mol. The smallest absolute Gasteiger partial charge is 0.295 e. The molecule has 2 aromatic heterocycles. The van der Waals surface area contributed by atoms with Crippen LogP contribution in [0.2, 0.25) is 0 Å². The summed E-state index contributed by atoms with van der Waals surface area (Å²) < 4.78 is 0. The van der Waals surface area contributed by atoms with E-state index in [1.54, 1.807) is 6.07 Å². The maximum atomic E-state index is 11.3. The van der Waals surface area contributed by atoms with Crippen molar-refractivity contribution < 1.29 is 4.92 Å². The van der Waals surface area contributed by atoms with Gasteiger partial charge in [-0.2, -0.15) is 0 Å². The average Bonchev–Trinajstić information content (AvgIpc) is 2.69. The standard InChI is InChI=1S/C21H23N5O2/c1-15-13-19(18-6-4-7-20(26(27)28)21(18)23-15)24-16-8-11-25(12-9-16)14-17-5-2-3-10-22-17/h2-7,10,13,16H,8-9,11-12,14H2,1H3,(H,23,24). The van der Waals surface area contributed by atoms with E-state index in [4.69, 9.17) is 0 Å². The van der Waals surface area contributed by atoms with Gasteiger partial charge in [-0.1, -0.05) is 18.2 Å². The van der Waals surface area contributed by atoms with E-state index in [2.05, 4.69) is 26.3 Å². The Bertz CT molecular complexity index is 985. The highest BCUT2D eigenvalue weighted by atomic mass is 16.6. The van der Waals surface area contributed by atoms with Crippen LogP contribution in [0.4, 0.5) is 11.4 Å². The van der Waals surface area contributed by atoms with Crippen molar-refractivity contribution in [2.45, 2.75) is 32.4 Å². The first-order valence-electron chi connectivity index (χ1n) is 9.54. The summed E-state index contributed by atoms with van der Waals surface area (Å²) in [6.07, 6.45) is 3.87. The van der Waals surface area contributed by atoms with Crippen molar-refractivity contribution in [3.8, 4) is 0 Å². The fraction of sp³-hybridized carbons (Fsp3) is 0.333. The Morgan fingerprint density at radius 3 is 2.75 bits per heavy atom. The molecule has 3 aromatic rings. The molecular formula is C21H23N5O2. The number of aryl methyl sites for hydroxylation is 1. The highest BCUT2D eigenvalue weighted by Gasteiger charge is 2.21. The minimum Gasteiger partial charge on any atom is -0.382 e. The van der Waals surface area contributed by atoms with Crippen LogP contribution < -0.4 is 5.32 Å². The SMILES string of the molecule is Cc1cc(NC2CCN(Cc3ccccn3)CC2)c2cccc([N+](=O)[O-])c2n1. The third kappa shape index (κ3) is 3.94. The van der Waals surface area contributed by atoms with Crippen LogP contribution in [0, 0.1) is 17.0 Å². The van der Waals surface area contributed by atoms with Gasteiger partial charge in [0.2, 0.25) is 0 Å². The third-order valence-corrected chi connectivity index (χ3v) is 5.20. The molecule has 144 valence electrons. The Hall–Kier alpha value is -3.06. The van der Waals surface area contributed by atoms with E-state index in [9.17, 15) is 10.1 Å². The van der Waals surface area contributed by atoms with E-state index in [0.29, 0.717) is 11.6 Å². The number of rotatable bonds is 5. The number of para-hydroxylation sites is 1. The van der Waals surface area contributed by atoms with Crippen LogP contribution in [-0.4, -0.2) is 38.9 Å². The number of benzene rings is 1. The largest absolute Gasteiger partial charge is 0.382 e. The Kier molecular flexibility index (Phi) is 5.16. The molecule has 1 aromatic carbocycles. The van der Waals surface area contributed by atoms with Gasteiger partial charge in [-0.3, -0.25) is 20.0 Å². The number of nitrogens with one attached hydrogen (secondary N) is 1. The third-order valence-electron chi connectivity index (χ3n) is 5.20. The molecule has 0 spiro atoms. The van der Waals surface area contributed by atoms with Crippen LogP contribution in [0.15, 0.2) is 48.7 Å². The van der Waals surface area contributed by atoms with Crippen molar-refractivity contribution in [2.24, 2.45) is 0 Å². The van der Waals surface area contributed by atoms with Crippen molar-refractivity contribution in [2.75, 3.05) is 18.4 Å². The second-order valence-corrected chi connectivity index (χ2v) is 7.26. The molecule has 28 heavy (non-hydrogen) atoms. The summed E-state index contributed by atoms with van der Waals surface area (Å²) in [5.41, 5.74) is 3.29. The minimum absolute atomic E-state index is 0.0504. The molecule has 0 radical (unpaired) electrons. The number of likely N-dealkylation sites (tertiary alicyclic amines) is 1. The van der Waals surface area contributed by atoms with Crippen molar-refractivity contribution in [1.29, 1.82) is 0 Å². The summed E-state index contributed by atoms with van der Waals surface area (Å²) in [5.74, 6) is 0. The maximum Gasteiger partial charge on any atom is 0.295 e. The first-order chi connectivity index (χ1) is 13.6. The predicted molar refractivity (Wildman–Crippen MR) is 109 cm³/mol. The number of nitro groups is 1. The van der Waals surface area contributed by atoms with Gasteiger partial charge in [0.05, 0.1) is 10.6 Å². The molecule has 1 aliphatic heterocycles. The van der Waals surface area contributed by atoms with E-state index in [1.165, 1.54) is 6.07 Å². The van der Waals surface area contributed by atoms with Crippen LogP contribution in [0.5, 0.6) is 0 Å². The highest BCUT2D eigenvalue weighted by molar-refractivity contribution is 5.96. The summed E-state index contributed by atoms with van der Waals surface area (Å²) in [6.45, 7) is 4.74. The first-order valence-corrected chi connectivity index (χ1v) is 9.54. The summed E-state index contributed by atoms with van der Waals surface area (Å²) in [7, 11) is 0. The fourth-order valence-electron chi connectivity index (χ4n) is 3.80. The number of piperidine rings is 1. The van der Waals surface area contributed by atoms with E-state index < -0.39 is 0 Å². The summed E-state index contributed by atoms with van der Waals surface area (Å²) in [4.78, 5) is 22.2. The van der Waals surface area contributed by atoms with Crippen LogP contribution in [0.1, 0.15) is 24.2 Å². The van der Waals surface area contributed by atoms with Crippen molar-refractivity contribution in [3.63, 3.8) is 0 Å². The molecule has 1 aliphatic rings. The lowest BCUT2D eigenvalue weighted by atomic mass is 10.0. The molecule has 1 N–H and O–H groups in total. The molecule has 0 unspecified atom stereocenters. The number of anilines is 1. The molecule has 4 rings (SSSR count). The van der Waals surface area contributed by atoms with E-state index in [-0.39, 0.29) is 10.6 Å². The zero-order valence-corrected chi connectivity index (χ0v) is 15.8.